The SMILES string of the molecule is N#CCc1ccc(OCc2cccc(NC(=O)NC3CCc4[nH]ncc4C3)c2)cc1. The van der Waals surface area contributed by atoms with E-state index in [2.05, 4.69) is 26.9 Å². The first-order chi connectivity index (χ1) is 14.7. The maximum atomic E-state index is 12.4. The van der Waals surface area contributed by atoms with E-state index < -0.39 is 0 Å². The number of carbonyl (C=O) groups excluding carboxylic acids is 1. The number of aryl methyl sites for hydroxylation is 1. The highest BCUT2D eigenvalue weighted by atomic mass is 16.5. The number of hydrogen-bond donors (Lipinski definition) is 3. The van der Waals surface area contributed by atoms with Gasteiger partial charge in [-0.25, -0.2) is 4.79 Å². The van der Waals surface area contributed by atoms with Gasteiger partial charge in [-0.3, -0.25) is 5.10 Å². The normalized spacial score (nSPS) is 15.0. The Labute approximate surface area is 175 Å². The van der Waals surface area contributed by atoms with Gasteiger partial charge in [0.05, 0.1) is 18.7 Å². The highest BCUT2D eigenvalue weighted by Gasteiger charge is 2.21. The summed E-state index contributed by atoms with van der Waals surface area (Å²) in [5.74, 6) is 0.740. The summed E-state index contributed by atoms with van der Waals surface area (Å²) in [5.41, 5.74) is 4.98. The minimum absolute atomic E-state index is 0.102. The predicted octanol–water partition coefficient (Wildman–Crippen LogP) is 3.73. The van der Waals surface area contributed by atoms with Gasteiger partial charge in [-0.05, 0) is 60.2 Å². The Hall–Kier alpha value is -3.79. The number of benzene rings is 2. The lowest BCUT2D eigenvalue weighted by Gasteiger charge is -2.23. The fraction of sp³-hybridized carbons (Fsp3) is 0.261. The van der Waals surface area contributed by atoms with Crippen LogP contribution in [-0.2, 0) is 25.9 Å². The lowest BCUT2D eigenvalue weighted by molar-refractivity contribution is 0.247. The summed E-state index contributed by atoms with van der Waals surface area (Å²) < 4.78 is 5.81. The van der Waals surface area contributed by atoms with Crippen LogP contribution in [0.15, 0.2) is 54.7 Å². The molecule has 0 saturated carbocycles. The fourth-order valence-electron chi connectivity index (χ4n) is 3.59. The van der Waals surface area contributed by atoms with E-state index in [0.29, 0.717) is 13.0 Å². The second-order valence-corrected chi connectivity index (χ2v) is 7.38. The van der Waals surface area contributed by atoms with E-state index in [-0.39, 0.29) is 12.1 Å². The Balaban J connectivity index is 1.29. The van der Waals surface area contributed by atoms with Crippen molar-refractivity contribution >= 4 is 11.7 Å². The number of ether oxygens (including phenoxy) is 1. The molecule has 0 radical (unpaired) electrons. The lowest BCUT2D eigenvalue weighted by Crippen LogP contribution is -2.41. The molecule has 2 amide bonds. The summed E-state index contributed by atoms with van der Waals surface area (Å²) >= 11 is 0. The summed E-state index contributed by atoms with van der Waals surface area (Å²) in [5, 5.41) is 21.8. The highest BCUT2D eigenvalue weighted by molar-refractivity contribution is 5.89. The van der Waals surface area contributed by atoms with Crippen LogP contribution < -0.4 is 15.4 Å². The van der Waals surface area contributed by atoms with Crippen molar-refractivity contribution in [1.82, 2.24) is 15.5 Å². The quantitative estimate of drug-likeness (QED) is 0.585. The minimum Gasteiger partial charge on any atom is -0.489 e. The van der Waals surface area contributed by atoms with Crippen LogP contribution in [0.5, 0.6) is 5.75 Å². The number of H-pyrrole nitrogens is 1. The summed E-state index contributed by atoms with van der Waals surface area (Å²) in [6.45, 7) is 0.390. The maximum absolute atomic E-state index is 12.4. The number of urea groups is 1. The molecule has 0 bridgehead atoms. The van der Waals surface area contributed by atoms with Crippen LogP contribution in [0.25, 0.3) is 0 Å². The third-order valence-corrected chi connectivity index (χ3v) is 5.15. The Morgan fingerprint density at radius 2 is 2.10 bits per heavy atom. The average Bonchev–Trinajstić information content (AvgIpc) is 3.21. The molecular formula is C23H23N5O2. The summed E-state index contributed by atoms with van der Waals surface area (Å²) in [6.07, 6.45) is 4.80. The zero-order chi connectivity index (χ0) is 20.8. The Kier molecular flexibility index (Phi) is 5.95. The van der Waals surface area contributed by atoms with Gasteiger partial charge < -0.3 is 15.4 Å². The summed E-state index contributed by atoms with van der Waals surface area (Å²) in [4.78, 5) is 12.4. The second kappa shape index (κ2) is 9.14. The third kappa shape index (κ3) is 4.97. The van der Waals surface area contributed by atoms with Crippen LogP contribution in [0.1, 0.15) is 28.8 Å². The number of fused-ring (bicyclic) bond motifs is 1. The van der Waals surface area contributed by atoms with Crippen molar-refractivity contribution in [3.8, 4) is 11.8 Å². The van der Waals surface area contributed by atoms with Gasteiger partial charge in [0.15, 0.2) is 0 Å². The van der Waals surface area contributed by atoms with Crippen molar-refractivity contribution in [2.75, 3.05) is 5.32 Å². The molecule has 7 nitrogen and oxygen atoms in total. The molecule has 0 saturated heterocycles. The van der Waals surface area contributed by atoms with Crippen LogP contribution in [-0.4, -0.2) is 22.3 Å². The zero-order valence-corrected chi connectivity index (χ0v) is 16.5. The first-order valence-corrected chi connectivity index (χ1v) is 9.96. The molecule has 3 aromatic rings. The molecule has 30 heavy (non-hydrogen) atoms. The largest absolute Gasteiger partial charge is 0.489 e. The molecule has 7 heteroatoms. The zero-order valence-electron chi connectivity index (χ0n) is 16.5. The third-order valence-electron chi connectivity index (χ3n) is 5.15. The molecule has 1 aromatic heterocycles. The van der Waals surface area contributed by atoms with Crippen LogP contribution in [0.3, 0.4) is 0 Å². The molecule has 0 fully saturated rings. The van der Waals surface area contributed by atoms with Gasteiger partial charge in [-0.1, -0.05) is 24.3 Å². The van der Waals surface area contributed by atoms with Crippen LogP contribution in [0.2, 0.25) is 0 Å². The topological polar surface area (TPSA) is 103 Å². The predicted molar refractivity (Wildman–Crippen MR) is 113 cm³/mol. The van der Waals surface area contributed by atoms with Crippen molar-refractivity contribution in [2.24, 2.45) is 0 Å². The molecule has 152 valence electrons. The molecule has 0 spiro atoms. The van der Waals surface area contributed by atoms with Crippen LogP contribution >= 0.6 is 0 Å². The fourth-order valence-corrected chi connectivity index (χ4v) is 3.59. The van der Waals surface area contributed by atoms with E-state index in [1.807, 2.05) is 54.7 Å². The van der Waals surface area contributed by atoms with Crippen LogP contribution in [0.4, 0.5) is 10.5 Å². The molecule has 4 rings (SSSR count). The minimum atomic E-state index is -0.210. The summed E-state index contributed by atoms with van der Waals surface area (Å²) in [7, 11) is 0. The van der Waals surface area contributed by atoms with E-state index in [1.54, 1.807) is 0 Å². The molecule has 1 unspecified atom stereocenters. The van der Waals surface area contributed by atoms with Crippen LogP contribution in [0, 0.1) is 11.3 Å². The number of nitriles is 1. The Morgan fingerprint density at radius 1 is 1.23 bits per heavy atom. The van der Waals surface area contributed by atoms with Crippen molar-refractivity contribution in [3.05, 3.63) is 77.1 Å². The molecule has 2 aromatic carbocycles. The number of anilines is 1. The number of nitrogens with one attached hydrogen (secondary N) is 3. The van der Waals surface area contributed by atoms with E-state index in [0.717, 1.165) is 41.8 Å². The Bertz CT molecular complexity index is 1050. The standard InChI is InChI=1S/C23H23N5O2/c24-11-10-16-4-7-21(8-5-16)30-15-17-2-1-3-19(12-17)26-23(29)27-20-6-9-22-18(13-20)14-25-28-22/h1-5,7-8,12,14,20H,6,9-10,13,15H2,(H,25,28)(H2,26,27,29). The number of carbonyl (C=O) groups is 1. The smallest absolute Gasteiger partial charge is 0.319 e. The van der Waals surface area contributed by atoms with Gasteiger partial charge in [0.2, 0.25) is 0 Å². The highest BCUT2D eigenvalue weighted by Crippen LogP contribution is 2.19. The number of hydrogen-bond acceptors (Lipinski definition) is 4. The van der Waals surface area contributed by atoms with Gasteiger partial charge in [-0.2, -0.15) is 10.4 Å². The van der Waals surface area contributed by atoms with E-state index in [1.165, 1.54) is 11.3 Å². The van der Waals surface area contributed by atoms with Crippen molar-refractivity contribution in [1.29, 1.82) is 5.26 Å². The number of aromatic amines is 1. The van der Waals surface area contributed by atoms with Gasteiger partial charge in [-0.15, -0.1) is 0 Å². The van der Waals surface area contributed by atoms with Gasteiger partial charge in [0.1, 0.15) is 12.4 Å². The van der Waals surface area contributed by atoms with E-state index >= 15 is 0 Å². The van der Waals surface area contributed by atoms with Crippen molar-refractivity contribution < 1.29 is 9.53 Å². The monoisotopic (exact) mass is 401 g/mol. The number of amides is 2. The molecular weight excluding hydrogens is 378 g/mol. The average molecular weight is 401 g/mol. The second-order valence-electron chi connectivity index (χ2n) is 7.38. The van der Waals surface area contributed by atoms with Crippen molar-refractivity contribution in [2.45, 2.75) is 38.3 Å². The Morgan fingerprint density at radius 3 is 2.93 bits per heavy atom. The molecule has 0 aliphatic heterocycles. The first kappa shape index (κ1) is 19.5. The molecule has 1 aliphatic carbocycles. The number of rotatable bonds is 6. The van der Waals surface area contributed by atoms with E-state index in [9.17, 15) is 4.79 Å². The lowest BCUT2D eigenvalue weighted by atomic mass is 9.94. The number of nitrogens with zero attached hydrogens (tertiary/aromatic N) is 2. The maximum Gasteiger partial charge on any atom is 0.319 e. The van der Waals surface area contributed by atoms with Gasteiger partial charge >= 0.3 is 6.03 Å². The van der Waals surface area contributed by atoms with Gasteiger partial charge in [0, 0.05) is 17.4 Å². The first-order valence-electron chi connectivity index (χ1n) is 9.96. The van der Waals surface area contributed by atoms with Gasteiger partial charge in [0.25, 0.3) is 0 Å². The summed E-state index contributed by atoms with van der Waals surface area (Å²) in [6, 6.07) is 17.1. The number of aromatic nitrogens is 2. The van der Waals surface area contributed by atoms with E-state index in [4.69, 9.17) is 10.00 Å². The van der Waals surface area contributed by atoms with Crippen molar-refractivity contribution in [3.63, 3.8) is 0 Å². The molecule has 3 N–H and O–H groups in total. The molecule has 1 atom stereocenters. The molecule has 1 heterocycles. The molecule has 1 aliphatic rings.